The summed E-state index contributed by atoms with van der Waals surface area (Å²) in [6, 6.07) is 9.56. The first-order chi connectivity index (χ1) is 17.6. The molecule has 1 aliphatic heterocycles. The molecule has 3 N–H and O–H groups in total. The van der Waals surface area contributed by atoms with Crippen molar-refractivity contribution in [2.75, 3.05) is 44.8 Å². The van der Waals surface area contributed by atoms with Crippen molar-refractivity contribution in [2.24, 2.45) is 5.14 Å². The standard InChI is InChI=1S/C24H29N3O9S/c1-3-34-21-14-17(4-9-20(21)35-15-22(28)27-10-12-33-13-11-27)24(30)36-16(2)23(29)26-18-5-7-19(8-6-18)37(25,31)32/h4-9,14,16H,3,10-13,15H2,1-2H3,(H,26,29)(H2,25,31,32)/t16-/m0/s1. The van der Waals surface area contributed by atoms with Crippen LogP contribution in [0.1, 0.15) is 24.2 Å². The highest BCUT2D eigenvalue weighted by Gasteiger charge is 2.22. The van der Waals surface area contributed by atoms with E-state index in [1.165, 1.54) is 49.4 Å². The molecule has 1 atom stereocenters. The number of hydrogen-bond acceptors (Lipinski definition) is 9. The van der Waals surface area contributed by atoms with Gasteiger partial charge in [0, 0.05) is 18.8 Å². The van der Waals surface area contributed by atoms with Gasteiger partial charge in [-0.25, -0.2) is 18.4 Å². The third kappa shape index (κ3) is 7.90. The van der Waals surface area contributed by atoms with Crippen molar-refractivity contribution < 1.29 is 41.7 Å². The lowest BCUT2D eigenvalue weighted by Gasteiger charge is -2.26. The van der Waals surface area contributed by atoms with E-state index in [0.717, 1.165) is 0 Å². The second kappa shape index (κ2) is 12.5. The van der Waals surface area contributed by atoms with E-state index in [1.54, 1.807) is 11.8 Å². The number of morpholine rings is 1. The highest BCUT2D eigenvalue weighted by molar-refractivity contribution is 7.89. The number of primary sulfonamides is 1. The molecule has 0 saturated carbocycles. The van der Waals surface area contributed by atoms with Crippen LogP contribution >= 0.6 is 0 Å². The van der Waals surface area contributed by atoms with Crippen molar-refractivity contribution in [2.45, 2.75) is 24.8 Å². The molecule has 2 aromatic carbocycles. The molecule has 1 saturated heterocycles. The van der Waals surface area contributed by atoms with Gasteiger partial charge in [-0.15, -0.1) is 0 Å². The first kappa shape index (κ1) is 27.9. The smallest absolute Gasteiger partial charge is 0.339 e. The molecule has 2 aromatic rings. The van der Waals surface area contributed by atoms with Crippen molar-refractivity contribution in [1.82, 2.24) is 4.90 Å². The number of ether oxygens (including phenoxy) is 4. The minimum Gasteiger partial charge on any atom is -0.490 e. The predicted molar refractivity (Wildman–Crippen MR) is 132 cm³/mol. The molecular weight excluding hydrogens is 506 g/mol. The van der Waals surface area contributed by atoms with Crippen LogP contribution in [-0.2, 0) is 29.1 Å². The fourth-order valence-electron chi connectivity index (χ4n) is 3.32. The van der Waals surface area contributed by atoms with Crippen LogP contribution in [0, 0.1) is 0 Å². The molecule has 1 aliphatic rings. The summed E-state index contributed by atoms with van der Waals surface area (Å²) in [6.07, 6.45) is -1.16. The topological polar surface area (TPSA) is 164 Å². The van der Waals surface area contributed by atoms with Crippen LogP contribution in [0.15, 0.2) is 47.4 Å². The minimum absolute atomic E-state index is 0.104. The molecule has 0 unspecified atom stereocenters. The number of sulfonamides is 1. The lowest BCUT2D eigenvalue weighted by Crippen LogP contribution is -2.43. The number of nitrogens with one attached hydrogen (secondary N) is 1. The summed E-state index contributed by atoms with van der Waals surface area (Å²) in [5.41, 5.74) is 0.416. The Hall–Kier alpha value is -3.68. The molecule has 0 aliphatic carbocycles. The van der Waals surface area contributed by atoms with Crippen LogP contribution in [0.25, 0.3) is 0 Å². The third-order valence-corrected chi connectivity index (χ3v) is 6.23. The Morgan fingerprint density at radius 3 is 2.35 bits per heavy atom. The van der Waals surface area contributed by atoms with E-state index >= 15 is 0 Å². The highest BCUT2D eigenvalue weighted by atomic mass is 32.2. The minimum atomic E-state index is -3.86. The molecule has 3 rings (SSSR count). The van der Waals surface area contributed by atoms with Crippen LogP contribution in [0.3, 0.4) is 0 Å². The number of amides is 2. The Kier molecular flexibility index (Phi) is 9.44. The monoisotopic (exact) mass is 535 g/mol. The zero-order chi connectivity index (χ0) is 27.0. The molecule has 2 amide bonds. The summed E-state index contributed by atoms with van der Waals surface area (Å²) >= 11 is 0. The van der Waals surface area contributed by atoms with Gasteiger partial charge in [-0.3, -0.25) is 9.59 Å². The van der Waals surface area contributed by atoms with Crippen molar-refractivity contribution in [3.05, 3.63) is 48.0 Å². The first-order valence-corrected chi connectivity index (χ1v) is 13.0. The molecule has 13 heteroatoms. The number of carbonyl (C=O) groups excluding carboxylic acids is 3. The molecule has 0 aromatic heterocycles. The van der Waals surface area contributed by atoms with Crippen molar-refractivity contribution in [3.63, 3.8) is 0 Å². The van der Waals surface area contributed by atoms with Gasteiger partial charge in [0.1, 0.15) is 0 Å². The molecule has 200 valence electrons. The Morgan fingerprint density at radius 1 is 1.05 bits per heavy atom. The lowest BCUT2D eigenvalue weighted by atomic mass is 10.2. The van der Waals surface area contributed by atoms with Crippen LogP contribution in [0.2, 0.25) is 0 Å². The van der Waals surface area contributed by atoms with Gasteiger partial charge >= 0.3 is 5.97 Å². The molecule has 12 nitrogen and oxygen atoms in total. The second-order valence-electron chi connectivity index (χ2n) is 7.98. The molecule has 0 bridgehead atoms. The Balaban J connectivity index is 1.60. The number of nitrogens with two attached hydrogens (primary N) is 1. The average Bonchev–Trinajstić information content (AvgIpc) is 2.88. The van der Waals surface area contributed by atoms with Crippen LogP contribution < -0.4 is 19.9 Å². The van der Waals surface area contributed by atoms with E-state index in [1.807, 2.05) is 0 Å². The molecule has 0 radical (unpaired) electrons. The summed E-state index contributed by atoms with van der Waals surface area (Å²) in [5.74, 6) is -1.05. The molecule has 1 fully saturated rings. The zero-order valence-corrected chi connectivity index (χ0v) is 21.3. The fourth-order valence-corrected chi connectivity index (χ4v) is 3.84. The van der Waals surface area contributed by atoms with Gasteiger partial charge in [0.25, 0.3) is 11.8 Å². The van der Waals surface area contributed by atoms with E-state index in [0.29, 0.717) is 32.0 Å². The maximum absolute atomic E-state index is 12.7. The van der Waals surface area contributed by atoms with E-state index < -0.39 is 28.0 Å². The van der Waals surface area contributed by atoms with Gasteiger partial charge in [-0.1, -0.05) is 0 Å². The number of hydrogen-bond donors (Lipinski definition) is 2. The maximum Gasteiger partial charge on any atom is 0.339 e. The summed E-state index contributed by atoms with van der Waals surface area (Å²) in [5, 5.41) is 7.59. The highest BCUT2D eigenvalue weighted by Crippen LogP contribution is 2.29. The van der Waals surface area contributed by atoms with Gasteiger partial charge in [-0.05, 0) is 56.3 Å². The second-order valence-corrected chi connectivity index (χ2v) is 9.54. The summed E-state index contributed by atoms with van der Waals surface area (Å²) in [7, 11) is -3.86. The fraction of sp³-hybridized carbons (Fsp3) is 0.375. The maximum atomic E-state index is 12.7. The van der Waals surface area contributed by atoms with Gasteiger partial charge in [0.15, 0.2) is 24.2 Å². The number of esters is 1. The van der Waals surface area contributed by atoms with Crippen molar-refractivity contribution >= 4 is 33.5 Å². The van der Waals surface area contributed by atoms with E-state index in [9.17, 15) is 22.8 Å². The van der Waals surface area contributed by atoms with Crippen LogP contribution in [0.4, 0.5) is 5.69 Å². The molecular formula is C24H29N3O9S. The van der Waals surface area contributed by atoms with Gasteiger partial charge in [0.05, 0.1) is 30.3 Å². The summed E-state index contributed by atoms with van der Waals surface area (Å²) in [6.45, 7) is 5.20. The number of nitrogens with zero attached hydrogens (tertiary/aromatic N) is 1. The number of rotatable bonds is 10. The third-order valence-electron chi connectivity index (χ3n) is 5.30. The largest absolute Gasteiger partial charge is 0.490 e. The molecule has 1 heterocycles. The van der Waals surface area contributed by atoms with Crippen molar-refractivity contribution in [3.8, 4) is 11.5 Å². The SMILES string of the molecule is CCOc1cc(C(=O)O[C@@H](C)C(=O)Nc2ccc(S(N)(=O)=O)cc2)ccc1OCC(=O)N1CCOCC1. The Labute approximate surface area is 214 Å². The van der Waals surface area contributed by atoms with E-state index in [4.69, 9.17) is 24.1 Å². The predicted octanol–water partition coefficient (Wildman–Crippen LogP) is 1.15. The number of benzene rings is 2. The number of anilines is 1. The van der Waals surface area contributed by atoms with Gasteiger partial charge in [-0.2, -0.15) is 0 Å². The van der Waals surface area contributed by atoms with E-state index in [-0.39, 0.29) is 41.1 Å². The summed E-state index contributed by atoms with van der Waals surface area (Å²) in [4.78, 5) is 39.0. The van der Waals surface area contributed by atoms with Crippen molar-refractivity contribution in [1.29, 1.82) is 0 Å². The zero-order valence-electron chi connectivity index (χ0n) is 20.5. The summed E-state index contributed by atoms with van der Waals surface area (Å²) < 4.78 is 44.4. The van der Waals surface area contributed by atoms with Crippen LogP contribution in [0.5, 0.6) is 11.5 Å². The van der Waals surface area contributed by atoms with Crippen LogP contribution in [-0.4, -0.2) is 76.7 Å². The van der Waals surface area contributed by atoms with E-state index in [2.05, 4.69) is 5.32 Å². The first-order valence-electron chi connectivity index (χ1n) is 11.5. The number of carbonyl (C=O) groups is 3. The van der Waals surface area contributed by atoms with Gasteiger partial charge < -0.3 is 29.2 Å². The molecule has 37 heavy (non-hydrogen) atoms. The normalized spacial score (nSPS) is 14.4. The lowest BCUT2D eigenvalue weighted by molar-refractivity contribution is -0.137. The molecule has 0 spiro atoms. The average molecular weight is 536 g/mol. The Bertz CT molecular complexity index is 1230. The van der Waals surface area contributed by atoms with Gasteiger partial charge in [0.2, 0.25) is 10.0 Å². The Morgan fingerprint density at radius 2 is 1.73 bits per heavy atom. The quantitative estimate of drug-likeness (QED) is 0.425.